The summed E-state index contributed by atoms with van der Waals surface area (Å²) >= 11 is 1.40. The van der Waals surface area contributed by atoms with Crippen molar-refractivity contribution in [2.45, 2.75) is 24.3 Å². The molecule has 0 aliphatic carbocycles. The predicted octanol–water partition coefficient (Wildman–Crippen LogP) is 2.80. The smallest absolute Gasteiger partial charge is 0.236 e. The summed E-state index contributed by atoms with van der Waals surface area (Å²) in [5, 5.41) is 12.4. The Hall–Kier alpha value is -2.87. The number of anilines is 1. The van der Waals surface area contributed by atoms with Crippen LogP contribution in [0.4, 0.5) is 5.69 Å². The summed E-state index contributed by atoms with van der Waals surface area (Å²) in [6.45, 7) is 7.07. The van der Waals surface area contributed by atoms with Crippen molar-refractivity contribution in [3.63, 3.8) is 0 Å². The number of carbonyl (C=O) groups is 1. The standard InChI is InChI=1S/C21H24N6OS/c1-16-8-6-7-11-19(16)27-21(22-23-24-27)29-17(2)20(28)26-14-12-25(13-15-26)18-9-4-3-5-10-18/h3-11,17H,12-15H2,1-2H3/t17-/m1/s1. The third-order valence-electron chi connectivity index (χ3n) is 5.13. The number of hydrogen-bond acceptors (Lipinski definition) is 6. The first-order valence-corrected chi connectivity index (χ1v) is 10.6. The topological polar surface area (TPSA) is 67.2 Å². The van der Waals surface area contributed by atoms with Gasteiger partial charge in [0.1, 0.15) is 0 Å². The van der Waals surface area contributed by atoms with Crippen LogP contribution in [-0.4, -0.2) is 62.4 Å². The molecule has 29 heavy (non-hydrogen) atoms. The number of tetrazole rings is 1. The maximum atomic E-state index is 13.0. The number of benzene rings is 2. The highest BCUT2D eigenvalue weighted by molar-refractivity contribution is 8.00. The lowest BCUT2D eigenvalue weighted by molar-refractivity contribution is -0.130. The Bertz CT molecular complexity index is 968. The summed E-state index contributed by atoms with van der Waals surface area (Å²) < 4.78 is 1.71. The zero-order valence-electron chi connectivity index (χ0n) is 16.6. The average Bonchev–Trinajstić information content (AvgIpc) is 3.22. The van der Waals surface area contributed by atoms with Gasteiger partial charge in [-0.05, 0) is 48.0 Å². The summed E-state index contributed by atoms with van der Waals surface area (Å²) in [4.78, 5) is 17.3. The van der Waals surface area contributed by atoms with Crippen LogP contribution in [0.2, 0.25) is 0 Å². The zero-order valence-corrected chi connectivity index (χ0v) is 17.4. The fraction of sp³-hybridized carbons (Fsp3) is 0.333. The van der Waals surface area contributed by atoms with Gasteiger partial charge in [-0.15, -0.1) is 5.10 Å². The largest absolute Gasteiger partial charge is 0.368 e. The molecule has 1 fully saturated rings. The Balaban J connectivity index is 1.39. The van der Waals surface area contributed by atoms with Crippen LogP contribution in [0.5, 0.6) is 0 Å². The Labute approximate surface area is 174 Å². The lowest BCUT2D eigenvalue weighted by Gasteiger charge is -2.37. The van der Waals surface area contributed by atoms with E-state index in [2.05, 4.69) is 32.6 Å². The third-order valence-corrected chi connectivity index (χ3v) is 6.15. The molecule has 1 aliphatic heterocycles. The molecule has 0 bridgehead atoms. The number of rotatable bonds is 5. The second-order valence-electron chi connectivity index (χ2n) is 7.07. The molecule has 1 atom stereocenters. The van der Waals surface area contributed by atoms with Gasteiger partial charge >= 0.3 is 0 Å². The van der Waals surface area contributed by atoms with E-state index in [9.17, 15) is 4.79 Å². The van der Waals surface area contributed by atoms with Gasteiger partial charge in [0.2, 0.25) is 11.1 Å². The Morgan fingerprint density at radius 2 is 1.69 bits per heavy atom. The van der Waals surface area contributed by atoms with Gasteiger partial charge in [0.25, 0.3) is 0 Å². The van der Waals surface area contributed by atoms with E-state index >= 15 is 0 Å². The molecule has 4 rings (SSSR count). The molecule has 0 radical (unpaired) electrons. The second-order valence-corrected chi connectivity index (χ2v) is 8.38. The Kier molecular flexibility index (Phi) is 5.80. The summed E-state index contributed by atoms with van der Waals surface area (Å²) in [7, 11) is 0. The van der Waals surface area contributed by atoms with Crippen LogP contribution in [0, 0.1) is 6.92 Å². The van der Waals surface area contributed by atoms with Gasteiger partial charge in [0, 0.05) is 31.9 Å². The average molecular weight is 409 g/mol. The van der Waals surface area contributed by atoms with Crippen molar-refractivity contribution in [1.29, 1.82) is 0 Å². The molecule has 0 spiro atoms. The lowest BCUT2D eigenvalue weighted by atomic mass is 10.2. The van der Waals surface area contributed by atoms with Crippen LogP contribution >= 0.6 is 11.8 Å². The number of amides is 1. The van der Waals surface area contributed by atoms with E-state index in [0.717, 1.165) is 37.4 Å². The normalized spacial score (nSPS) is 15.4. The van der Waals surface area contributed by atoms with Gasteiger partial charge < -0.3 is 9.80 Å². The molecule has 2 heterocycles. The fourth-order valence-corrected chi connectivity index (χ4v) is 4.38. The molecule has 2 aromatic carbocycles. The molecule has 0 saturated carbocycles. The van der Waals surface area contributed by atoms with Crippen LogP contribution in [0.3, 0.4) is 0 Å². The number of aryl methyl sites for hydroxylation is 1. The summed E-state index contributed by atoms with van der Waals surface area (Å²) in [6.07, 6.45) is 0. The number of hydrogen-bond donors (Lipinski definition) is 0. The molecular weight excluding hydrogens is 384 g/mol. The first-order valence-electron chi connectivity index (χ1n) is 9.73. The van der Waals surface area contributed by atoms with Crippen LogP contribution in [-0.2, 0) is 4.79 Å². The molecule has 7 nitrogen and oxygen atoms in total. The van der Waals surface area contributed by atoms with Crippen molar-refractivity contribution in [2.24, 2.45) is 0 Å². The van der Waals surface area contributed by atoms with E-state index in [-0.39, 0.29) is 11.2 Å². The van der Waals surface area contributed by atoms with E-state index < -0.39 is 0 Å². The first kappa shape index (κ1) is 19.4. The number of para-hydroxylation sites is 2. The van der Waals surface area contributed by atoms with E-state index in [1.165, 1.54) is 17.4 Å². The maximum absolute atomic E-state index is 13.0. The highest BCUT2D eigenvalue weighted by atomic mass is 32.2. The quantitative estimate of drug-likeness (QED) is 0.605. The first-order chi connectivity index (χ1) is 14.1. The predicted molar refractivity (Wildman–Crippen MR) is 114 cm³/mol. The molecule has 3 aromatic rings. The van der Waals surface area contributed by atoms with Gasteiger partial charge in [-0.1, -0.05) is 48.2 Å². The molecule has 1 aliphatic rings. The van der Waals surface area contributed by atoms with Gasteiger partial charge in [0.15, 0.2) is 0 Å². The van der Waals surface area contributed by atoms with Crippen molar-refractivity contribution in [1.82, 2.24) is 25.1 Å². The maximum Gasteiger partial charge on any atom is 0.236 e. The minimum Gasteiger partial charge on any atom is -0.368 e. The van der Waals surface area contributed by atoms with Crippen LogP contribution in [0.1, 0.15) is 12.5 Å². The van der Waals surface area contributed by atoms with E-state index in [1.54, 1.807) is 4.68 Å². The van der Waals surface area contributed by atoms with Gasteiger partial charge in [-0.2, -0.15) is 4.68 Å². The van der Waals surface area contributed by atoms with E-state index in [1.807, 2.05) is 61.2 Å². The van der Waals surface area contributed by atoms with E-state index in [4.69, 9.17) is 0 Å². The number of nitrogens with zero attached hydrogens (tertiary/aromatic N) is 6. The van der Waals surface area contributed by atoms with Crippen molar-refractivity contribution < 1.29 is 4.79 Å². The zero-order chi connectivity index (χ0) is 20.2. The Morgan fingerprint density at radius 3 is 2.41 bits per heavy atom. The van der Waals surface area contributed by atoms with Crippen molar-refractivity contribution in [3.8, 4) is 5.69 Å². The molecule has 0 unspecified atom stereocenters. The second kappa shape index (κ2) is 8.65. The lowest BCUT2D eigenvalue weighted by Crippen LogP contribution is -2.50. The molecule has 0 N–H and O–H groups in total. The fourth-order valence-electron chi connectivity index (χ4n) is 3.49. The third kappa shape index (κ3) is 4.27. The SMILES string of the molecule is Cc1ccccc1-n1nnnc1S[C@H](C)C(=O)N1CCN(c2ccccc2)CC1. The Morgan fingerprint density at radius 1 is 1.00 bits per heavy atom. The number of thioether (sulfide) groups is 1. The monoisotopic (exact) mass is 408 g/mol. The number of carbonyl (C=O) groups excluding carboxylic acids is 1. The highest BCUT2D eigenvalue weighted by Crippen LogP contribution is 2.26. The highest BCUT2D eigenvalue weighted by Gasteiger charge is 2.27. The van der Waals surface area contributed by atoms with Gasteiger partial charge in [-0.3, -0.25) is 4.79 Å². The molecule has 1 amide bonds. The number of piperazine rings is 1. The van der Waals surface area contributed by atoms with Gasteiger partial charge in [-0.25, -0.2) is 0 Å². The molecule has 1 saturated heterocycles. The van der Waals surface area contributed by atoms with E-state index in [0.29, 0.717) is 5.16 Å². The van der Waals surface area contributed by atoms with Gasteiger partial charge in [0.05, 0.1) is 10.9 Å². The summed E-state index contributed by atoms with van der Waals surface area (Å²) in [6, 6.07) is 18.3. The van der Waals surface area contributed by atoms with Crippen LogP contribution < -0.4 is 4.90 Å². The van der Waals surface area contributed by atoms with Crippen molar-refractivity contribution in [2.75, 3.05) is 31.1 Å². The molecule has 1 aromatic heterocycles. The summed E-state index contributed by atoms with van der Waals surface area (Å²) in [5.74, 6) is 0.127. The minimum absolute atomic E-state index is 0.127. The molecule has 150 valence electrons. The van der Waals surface area contributed by atoms with Crippen molar-refractivity contribution in [3.05, 3.63) is 60.2 Å². The summed E-state index contributed by atoms with van der Waals surface area (Å²) in [5.41, 5.74) is 3.22. The number of aromatic nitrogens is 4. The molecular formula is C21H24N6OS. The van der Waals surface area contributed by atoms with Crippen LogP contribution in [0.25, 0.3) is 5.69 Å². The molecule has 8 heteroatoms. The van der Waals surface area contributed by atoms with Crippen molar-refractivity contribution >= 4 is 23.4 Å². The van der Waals surface area contributed by atoms with Crippen LogP contribution in [0.15, 0.2) is 59.8 Å². The minimum atomic E-state index is -0.257.